The van der Waals surface area contributed by atoms with Gasteiger partial charge in [0.1, 0.15) is 6.61 Å². The molecule has 0 aliphatic heterocycles. The Balaban J connectivity index is 4.16. The first-order valence-electron chi connectivity index (χ1n) is 15.2. The van der Waals surface area contributed by atoms with Crippen molar-refractivity contribution in [1.82, 2.24) is 0 Å². The Bertz CT molecular complexity index is 674. The smallest absolute Gasteiger partial charge is 0.462 e. The van der Waals surface area contributed by atoms with Gasteiger partial charge in [-0.3, -0.25) is 18.6 Å². The van der Waals surface area contributed by atoms with E-state index in [0.29, 0.717) is 12.8 Å². The summed E-state index contributed by atoms with van der Waals surface area (Å²) >= 11 is 0. The van der Waals surface area contributed by atoms with Crippen LogP contribution in [0.4, 0.5) is 0 Å². The van der Waals surface area contributed by atoms with E-state index in [9.17, 15) is 19.0 Å². The summed E-state index contributed by atoms with van der Waals surface area (Å²) in [7, 11) is -4.35. The fourth-order valence-electron chi connectivity index (χ4n) is 3.86. The Morgan fingerprint density at radius 3 is 1.87 bits per heavy atom. The number of hydrogen-bond donors (Lipinski definition) is 2. The number of phosphoric acid groups is 1. The van der Waals surface area contributed by atoms with Gasteiger partial charge in [0.05, 0.1) is 13.2 Å². The average Bonchev–Trinajstić information content (AvgIpc) is 2.91. The summed E-state index contributed by atoms with van der Waals surface area (Å²) in [4.78, 5) is 34.0. The van der Waals surface area contributed by atoms with Crippen LogP contribution >= 0.6 is 7.82 Å². The van der Waals surface area contributed by atoms with Crippen LogP contribution in [0.1, 0.15) is 129 Å². The number of nitrogens with two attached hydrogens (primary N) is 1. The number of carbonyl (C=O) groups is 2. The van der Waals surface area contributed by atoms with Gasteiger partial charge in [-0.25, -0.2) is 4.57 Å². The molecule has 0 aliphatic rings. The van der Waals surface area contributed by atoms with E-state index in [1.54, 1.807) is 0 Å². The van der Waals surface area contributed by atoms with Gasteiger partial charge in [0.15, 0.2) is 6.10 Å². The minimum atomic E-state index is -4.35. The van der Waals surface area contributed by atoms with Crippen molar-refractivity contribution in [2.45, 2.75) is 136 Å². The van der Waals surface area contributed by atoms with Crippen molar-refractivity contribution >= 4 is 19.8 Å². The Morgan fingerprint density at radius 1 is 0.744 bits per heavy atom. The van der Waals surface area contributed by atoms with Crippen LogP contribution < -0.4 is 5.73 Å². The summed E-state index contributed by atoms with van der Waals surface area (Å²) in [5, 5.41) is 0. The second kappa shape index (κ2) is 26.9. The highest BCUT2D eigenvalue weighted by Gasteiger charge is 2.25. The summed E-state index contributed by atoms with van der Waals surface area (Å²) < 4.78 is 32.1. The number of ether oxygens (including phenoxy) is 2. The third kappa shape index (κ3) is 26.7. The number of hydrogen-bond acceptors (Lipinski definition) is 8. The molecule has 0 aromatic carbocycles. The molecule has 230 valence electrons. The molecule has 0 heterocycles. The summed E-state index contributed by atoms with van der Waals surface area (Å²) in [5.41, 5.74) is 5.28. The molecule has 10 heteroatoms. The van der Waals surface area contributed by atoms with E-state index in [-0.39, 0.29) is 32.6 Å². The summed E-state index contributed by atoms with van der Waals surface area (Å²) in [6.07, 6.45) is 21.9. The molecule has 2 unspecified atom stereocenters. The van der Waals surface area contributed by atoms with Crippen LogP contribution in [-0.4, -0.2) is 49.3 Å². The van der Waals surface area contributed by atoms with Gasteiger partial charge in [-0.15, -0.1) is 0 Å². The number of carbonyl (C=O) groups excluding carboxylic acids is 2. The van der Waals surface area contributed by atoms with E-state index in [1.807, 2.05) is 6.92 Å². The largest absolute Gasteiger partial charge is 0.472 e. The fourth-order valence-corrected chi connectivity index (χ4v) is 4.63. The monoisotopic (exact) mass is 577 g/mol. The fraction of sp³-hybridized carbons (Fsp3) is 0.862. The van der Waals surface area contributed by atoms with Gasteiger partial charge in [-0.2, -0.15) is 0 Å². The molecule has 0 aromatic heterocycles. The highest BCUT2D eigenvalue weighted by Crippen LogP contribution is 2.43. The Labute approximate surface area is 237 Å². The van der Waals surface area contributed by atoms with Gasteiger partial charge >= 0.3 is 19.8 Å². The number of allylic oxidation sites excluding steroid dienone is 2. The van der Waals surface area contributed by atoms with Gasteiger partial charge in [0, 0.05) is 19.4 Å². The molecule has 0 saturated heterocycles. The van der Waals surface area contributed by atoms with Crippen molar-refractivity contribution in [3.63, 3.8) is 0 Å². The molecule has 0 radical (unpaired) electrons. The van der Waals surface area contributed by atoms with Crippen LogP contribution in [0.15, 0.2) is 12.2 Å². The second-order valence-electron chi connectivity index (χ2n) is 9.97. The SMILES string of the molecule is CCCCCCCC/C=C\CCCCCCCC(=O)OC(COC(=O)CCCCC)COP(=O)(O)OCCN. The molecule has 39 heavy (non-hydrogen) atoms. The van der Waals surface area contributed by atoms with Crippen LogP contribution in [0.2, 0.25) is 0 Å². The van der Waals surface area contributed by atoms with Gasteiger partial charge in [-0.1, -0.05) is 90.2 Å². The Morgan fingerprint density at radius 2 is 1.26 bits per heavy atom. The molecular weight excluding hydrogens is 521 g/mol. The van der Waals surface area contributed by atoms with Gasteiger partial charge < -0.3 is 20.1 Å². The zero-order valence-corrected chi connectivity index (χ0v) is 25.5. The number of unbranched alkanes of at least 4 members (excludes halogenated alkanes) is 13. The maximum absolute atomic E-state index is 12.3. The zero-order chi connectivity index (χ0) is 29.0. The van der Waals surface area contributed by atoms with E-state index < -0.39 is 32.5 Å². The molecule has 3 N–H and O–H groups in total. The first-order valence-corrected chi connectivity index (χ1v) is 16.7. The van der Waals surface area contributed by atoms with Crippen molar-refractivity contribution in [2.75, 3.05) is 26.4 Å². The molecule has 0 rings (SSSR count). The van der Waals surface area contributed by atoms with E-state index >= 15 is 0 Å². The van der Waals surface area contributed by atoms with Crippen molar-refractivity contribution < 1.29 is 37.6 Å². The molecule has 0 spiro atoms. The first kappa shape index (κ1) is 37.8. The lowest BCUT2D eigenvalue weighted by Gasteiger charge is -2.19. The number of phosphoric ester groups is 1. The zero-order valence-electron chi connectivity index (χ0n) is 24.6. The van der Waals surface area contributed by atoms with Gasteiger partial charge in [0.2, 0.25) is 0 Å². The first-order chi connectivity index (χ1) is 18.8. The molecule has 0 bridgehead atoms. The normalized spacial score (nSPS) is 13.8. The van der Waals surface area contributed by atoms with Crippen LogP contribution in [0, 0.1) is 0 Å². The van der Waals surface area contributed by atoms with E-state index in [1.165, 1.54) is 44.9 Å². The lowest BCUT2D eigenvalue weighted by Crippen LogP contribution is -2.29. The molecule has 0 saturated carbocycles. The van der Waals surface area contributed by atoms with E-state index in [0.717, 1.165) is 44.9 Å². The van der Waals surface area contributed by atoms with E-state index in [4.69, 9.17) is 24.3 Å². The molecule has 0 amide bonds. The Hall–Kier alpha value is -1.25. The molecular formula is C29H56NO8P. The minimum Gasteiger partial charge on any atom is -0.462 e. The van der Waals surface area contributed by atoms with Gasteiger partial charge in [-0.05, 0) is 38.5 Å². The third-order valence-corrected chi connectivity index (χ3v) is 7.14. The third-order valence-electron chi connectivity index (χ3n) is 6.15. The predicted molar refractivity (Wildman–Crippen MR) is 155 cm³/mol. The molecule has 9 nitrogen and oxygen atoms in total. The highest BCUT2D eigenvalue weighted by molar-refractivity contribution is 7.47. The Kier molecular flexibility index (Phi) is 26.1. The molecule has 2 atom stereocenters. The number of esters is 2. The van der Waals surface area contributed by atoms with Crippen molar-refractivity contribution in [3.8, 4) is 0 Å². The van der Waals surface area contributed by atoms with Crippen molar-refractivity contribution in [1.29, 1.82) is 0 Å². The van der Waals surface area contributed by atoms with Crippen LogP contribution in [0.3, 0.4) is 0 Å². The highest BCUT2D eigenvalue weighted by atomic mass is 31.2. The number of rotatable bonds is 28. The predicted octanol–water partition coefficient (Wildman–Crippen LogP) is 7.15. The van der Waals surface area contributed by atoms with Crippen LogP contribution in [0.5, 0.6) is 0 Å². The van der Waals surface area contributed by atoms with Crippen LogP contribution in [0.25, 0.3) is 0 Å². The lowest BCUT2D eigenvalue weighted by molar-refractivity contribution is -0.161. The summed E-state index contributed by atoms with van der Waals surface area (Å²) in [6, 6.07) is 0. The maximum Gasteiger partial charge on any atom is 0.472 e. The minimum absolute atomic E-state index is 0.0532. The van der Waals surface area contributed by atoms with Crippen LogP contribution in [-0.2, 0) is 32.7 Å². The summed E-state index contributed by atoms with van der Waals surface area (Å²) in [5.74, 6) is -0.868. The lowest BCUT2D eigenvalue weighted by atomic mass is 10.1. The molecule has 0 fully saturated rings. The average molecular weight is 578 g/mol. The van der Waals surface area contributed by atoms with Gasteiger partial charge in [0.25, 0.3) is 0 Å². The quantitative estimate of drug-likeness (QED) is 0.0430. The van der Waals surface area contributed by atoms with E-state index in [2.05, 4.69) is 19.1 Å². The van der Waals surface area contributed by atoms with Crippen molar-refractivity contribution in [3.05, 3.63) is 12.2 Å². The van der Waals surface area contributed by atoms with Crippen molar-refractivity contribution in [2.24, 2.45) is 5.73 Å². The second-order valence-corrected chi connectivity index (χ2v) is 11.4. The maximum atomic E-state index is 12.3. The standard InChI is InChI=1S/C29H56NO8P/c1-3-5-7-8-9-10-11-12-13-14-15-16-17-18-20-22-29(32)38-27(25-35-28(31)21-19-6-4-2)26-37-39(33,34)36-24-23-30/h12-13,27H,3-11,14-26,30H2,1-2H3,(H,33,34)/b13-12-. The molecule has 0 aromatic rings. The molecule has 0 aliphatic carbocycles. The topological polar surface area (TPSA) is 134 Å². The summed E-state index contributed by atoms with van der Waals surface area (Å²) in [6.45, 7) is 3.50.